The molecular formula is C17H22N4O3S. The van der Waals surface area contributed by atoms with E-state index in [0.717, 1.165) is 6.42 Å². The fourth-order valence-corrected chi connectivity index (χ4v) is 4.50. The minimum atomic E-state index is -3.65. The predicted octanol–water partition coefficient (Wildman–Crippen LogP) is 1.78. The molecule has 0 fully saturated rings. The number of hydrogen-bond acceptors (Lipinski definition) is 4. The van der Waals surface area contributed by atoms with Gasteiger partial charge in [-0.15, -0.1) is 0 Å². The fraction of sp³-hybridized carbons (Fsp3) is 0.412. The molecule has 1 N–H and O–H groups in total. The summed E-state index contributed by atoms with van der Waals surface area (Å²) < 4.78 is 29.4. The maximum atomic E-state index is 13.1. The highest BCUT2D eigenvalue weighted by Crippen LogP contribution is 2.31. The van der Waals surface area contributed by atoms with Crippen LogP contribution >= 0.6 is 0 Å². The zero-order valence-electron chi connectivity index (χ0n) is 14.6. The van der Waals surface area contributed by atoms with Crippen molar-refractivity contribution in [3.8, 4) is 5.69 Å². The van der Waals surface area contributed by atoms with Gasteiger partial charge in [-0.3, -0.25) is 9.36 Å². The van der Waals surface area contributed by atoms with E-state index < -0.39 is 10.0 Å². The van der Waals surface area contributed by atoms with Gasteiger partial charge in [0.2, 0.25) is 10.0 Å². The summed E-state index contributed by atoms with van der Waals surface area (Å²) in [5.74, 6) is 0.0476. The normalized spacial score (nSPS) is 16.2. The molecule has 2 heterocycles. The van der Waals surface area contributed by atoms with E-state index in [-0.39, 0.29) is 23.0 Å². The van der Waals surface area contributed by atoms with Crippen LogP contribution in [0.5, 0.6) is 0 Å². The second kappa shape index (κ2) is 6.61. The molecule has 134 valence electrons. The molecule has 0 unspecified atom stereocenters. The van der Waals surface area contributed by atoms with Crippen LogP contribution in [0.2, 0.25) is 0 Å². The van der Waals surface area contributed by atoms with Crippen molar-refractivity contribution in [2.45, 2.75) is 31.7 Å². The van der Waals surface area contributed by atoms with Crippen molar-refractivity contribution in [3.63, 3.8) is 0 Å². The second-order valence-corrected chi connectivity index (χ2v) is 8.38. The molecule has 1 aliphatic heterocycles. The molecular weight excluding hydrogens is 340 g/mol. The number of para-hydroxylation sites is 1. The van der Waals surface area contributed by atoms with E-state index in [1.807, 2.05) is 0 Å². The van der Waals surface area contributed by atoms with Crippen molar-refractivity contribution in [3.05, 3.63) is 42.0 Å². The van der Waals surface area contributed by atoms with E-state index in [0.29, 0.717) is 23.8 Å². The van der Waals surface area contributed by atoms with Crippen LogP contribution < -0.4 is 5.32 Å². The Morgan fingerprint density at radius 3 is 2.72 bits per heavy atom. The van der Waals surface area contributed by atoms with E-state index >= 15 is 0 Å². The summed E-state index contributed by atoms with van der Waals surface area (Å²) in [7, 11) is -2.12. The summed E-state index contributed by atoms with van der Waals surface area (Å²) in [5.41, 5.74) is 1.35. The third-order valence-corrected chi connectivity index (χ3v) is 6.23. The molecule has 0 atom stereocenters. The molecule has 0 spiro atoms. The number of rotatable bonds is 4. The number of carbonyl (C=O) groups is 1. The quantitative estimate of drug-likeness (QED) is 0.899. The zero-order chi connectivity index (χ0) is 18.2. The molecule has 1 amide bonds. The Bertz CT molecular complexity index is 902. The average molecular weight is 362 g/mol. The maximum Gasteiger partial charge on any atom is 0.271 e. The standard InChI is InChI=1S/C17H22N4O3S/c1-12(2)8-9-20-10-14-16(17(22)18-3)19-11-21(14)13-6-4-5-7-15(13)25(20,23)24/h4-7,11-12H,8-10H2,1-3H3,(H,18,22). The lowest BCUT2D eigenvalue weighted by Gasteiger charge is -2.21. The molecule has 1 aromatic heterocycles. The van der Waals surface area contributed by atoms with Gasteiger partial charge in [-0.2, -0.15) is 4.31 Å². The molecule has 1 aromatic carbocycles. The van der Waals surface area contributed by atoms with E-state index in [2.05, 4.69) is 24.1 Å². The van der Waals surface area contributed by atoms with Gasteiger partial charge >= 0.3 is 0 Å². The topological polar surface area (TPSA) is 84.3 Å². The minimum absolute atomic E-state index is 0.118. The first-order chi connectivity index (χ1) is 11.9. The molecule has 1 aliphatic rings. The van der Waals surface area contributed by atoms with Crippen molar-refractivity contribution >= 4 is 15.9 Å². The molecule has 25 heavy (non-hydrogen) atoms. The Morgan fingerprint density at radius 2 is 2.04 bits per heavy atom. The first-order valence-corrected chi connectivity index (χ1v) is 9.68. The SMILES string of the molecule is CNC(=O)c1ncn2c1CN(CCC(C)C)S(=O)(=O)c1ccccc1-2. The number of sulfonamides is 1. The summed E-state index contributed by atoms with van der Waals surface area (Å²) in [6.45, 7) is 4.62. The minimum Gasteiger partial charge on any atom is -0.354 e. The third-order valence-electron chi connectivity index (χ3n) is 4.33. The molecule has 7 nitrogen and oxygen atoms in total. The van der Waals surface area contributed by atoms with Crippen LogP contribution in [0.1, 0.15) is 36.5 Å². The van der Waals surface area contributed by atoms with Crippen LogP contribution in [0.4, 0.5) is 0 Å². The van der Waals surface area contributed by atoms with Crippen LogP contribution in [0.3, 0.4) is 0 Å². The van der Waals surface area contributed by atoms with Gasteiger partial charge in [-0.25, -0.2) is 13.4 Å². The number of carbonyl (C=O) groups excluding carboxylic acids is 1. The Hall–Kier alpha value is -2.19. The van der Waals surface area contributed by atoms with Crippen molar-refractivity contribution in [1.82, 2.24) is 19.2 Å². The first kappa shape index (κ1) is 17.6. The van der Waals surface area contributed by atoms with Crippen molar-refractivity contribution in [2.24, 2.45) is 5.92 Å². The maximum absolute atomic E-state index is 13.1. The number of nitrogens with one attached hydrogen (secondary N) is 1. The van der Waals surface area contributed by atoms with E-state index in [1.165, 1.54) is 17.7 Å². The molecule has 2 aromatic rings. The summed E-state index contributed by atoms with van der Waals surface area (Å²) >= 11 is 0. The lowest BCUT2D eigenvalue weighted by Crippen LogP contribution is -2.32. The van der Waals surface area contributed by atoms with Crippen molar-refractivity contribution in [2.75, 3.05) is 13.6 Å². The van der Waals surface area contributed by atoms with Gasteiger partial charge in [0.1, 0.15) is 11.2 Å². The fourth-order valence-electron chi connectivity index (χ4n) is 2.91. The number of hydrogen-bond donors (Lipinski definition) is 1. The van der Waals surface area contributed by atoms with E-state index in [4.69, 9.17) is 0 Å². The van der Waals surface area contributed by atoms with Gasteiger partial charge in [0.25, 0.3) is 5.91 Å². The highest BCUT2D eigenvalue weighted by molar-refractivity contribution is 7.89. The van der Waals surface area contributed by atoms with Crippen molar-refractivity contribution in [1.29, 1.82) is 0 Å². The number of aromatic nitrogens is 2. The first-order valence-electron chi connectivity index (χ1n) is 8.24. The Labute approximate surface area is 147 Å². The second-order valence-electron chi connectivity index (χ2n) is 6.48. The van der Waals surface area contributed by atoms with Crippen LogP contribution in [-0.4, -0.2) is 41.8 Å². The van der Waals surface area contributed by atoms with Gasteiger partial charge in [-0.05, 0) is 24.5 Å². The predicted molar refractivity (Wildman–Crippen MR) is 94.0 cm³/mol. The van der Waals surface area contributed by atoms with Crippen LogP contribution in [0.25, 0.3) is 5.69 Å². The lowest BCUT2D eigenvalue weighted by molar-refractivity contribution is 0.0957. The largest absolute Gasteiger partial charge is 0.354 e. The Kier molecular flexibility index (Phi) is 4.66. The third kappa shape index (κ3) is 3.07. The summed E-state index contributed by atoms with van der Waals surface area (Å²) in [5, 5.41) is 2.56. The number of nitrogens with zero attached hydrogens (tertiary/aromatic N) is 3. The molecule has 0 radical (unpaired) electrons. The van der Waals surface area contributed by atoms with Gasteiger partial charge < -0.3 is 5.32 Å². The van der Waals surface area contributed by atoms with Gasteiger partial charge in [0, 0.05) is 13.6 Å². The molecule has 0 bridgehead atoms. The number of fused-ring (bicyclic) bond motifs is 3. The number of amides is 1. The Morgan fingerprint density at radius 1 is 1.32 bits per heavy atom. The smallest absolute Gasteiger partial charge is 0.271 e. The number of benzene rings is 1. The van der Waals surface area contributed by atoms with E-state index in [1.54, 1.807) is 28.8 Å². The number of imidazole rings is 1. The molecule has 3 rings (SSSR count). The Balaban J connectivity index is 2.19. The van der Waals surface area contributed by atoms with E-state index in [9.17, 15) is 13.2 Å². The van der Waals surface area contributed by atoms with Gasteiger partial charge in [0.05, 0.1) is 17.9 Å². The summed E-state index contributed by atoms with van der Waals surface area (Å²) in [6.07, 6.45) is 2.26. The monoisotopic (exact) mass is 362 g/mol. The summed E-state index contributed by atoms with van der Waals surface area (Å²) in [4.78, 5) is 16.6. The van der Waals surface area contributed by atoms with Crippen LogP contribution in [-0.2, 0) is 16.6 Å². The molecule has 0 saturated heterocycles. The van der Waals surface area contributed by atoms with Crippen LogP contribution in [0, 0.1) is 5.92 Å². The van der Waals surface area contributed by atoms with Gasteiger partial charge in [-0.1, -0.05) is 26.0 Å². The lowest BCUT2D eigenvalue weighted by atomic mass is 10.1. The highest BCUT2D eigenvalue weighted by atomic mass is 32.2. The summed E-state index contributed by atoms with van der Waals surface area (Å²) in [6, 6.07) is 6.82. The van der Waals surface area contributed by atoms with Crippen LogP contribution in [0.15, 0.2) is 35.5 Å². The zero-order valence-corrected chi connectivity index (χ0v) is 15.4. The van der Waals surface area contributed by atoms with Crippen molar-refractivity contribution < 1.29 is 13.2 Å². The molecule has 8 heteroatoms. The molecule has 0 aliphatic carbocycles. The molecule has 0 saturated carbocycles. The van der Waals surface area contributed by atoms with Gasteiger partial charge in [0.15, 0.2) is 5.69 Å². The average Bonchev–Trinajstić information content (AvgIpc) is 2.97. The highest BCUT2D eigenvalue weighted by Gasteiger charge is 2.34.